The first-order valence-electron chi connectivity index (χ1n) is 11.8. The molecule has 2 aromatic heterocycles. The second-order valence-electron chi connectivity index (χ2n) is 8.90. The van der Waals surface area contributed by atoms with Gasteiger partial charge in [0, 0.05) is 5.39 Å². The molecule has 38 heavy (non-hydrogen) atoms. The van der Waals surface area contributed by atoms with Gasteiger partial charge in [0.2, 0.25) is 5.78 Å². The minimum Gasteiger partial charge on any atom is -0.503 e. The monoisotopic (exact) mass is 526 g/mol. The van der Waals surface area contributed by atoms with Crippen molar-refractivity contribution >= 4 is 49.3 Å². The summed E-state index contributed by atoms with van der Waals surface area (Å²) in [5.74, 6) is -0.878. The van der Waals surface area contributed by atoms with E-state index in [2.05, 4.69) is 4.98 Å². The molecule has 0 aliphatic carbocycles. The maximum atomic E-state index is 13.9. The number of carbonyl (C=O) groups excluding carboxylic acids is 2. The van der Waals surface area contributed by atoms with Gasteiger partial charge in [-0.1, -0.05) is 41.7 Å². The quantitative estimate of drug-likeness (QED) is 0.265. The van der Waals surface area contributed by atoms with E-state index in [4.69, 9.17) is 13.9 Å². The molecule has 190 valence electrons. The third-order valence-electron chi connectivity index (χ3n) is 6.57. The van der Waals surface area contributed by atoms with E-state index < -0.39 is 23.5 Å². The minimum absolute atomic E-state index is 0.0147. The lowest BCUT2D eigenvalue weighted by molar-refractivity contribution is -0.117. The maximum Gasteiger partial charge on any atom is 0.296 e. The van der Waals surface area contributed by atoms with Crippen LogP contribution in [0.2, 0.25) is 0 Å². The fourth-order valence-electron chi connectivity index (χ4n) is 4.70. The normalized spacial score (nSPS) is 15.6. The second kappa shape index (κ2) is 9.04. The molecule has 9 heteroatoms. The third-order valence-corrected chi connectivity index (χ3v) is 7.59. The van der Waals surface area contributed by atoms with Gasteiger partial charge in [0.1, 0.15) is 5.75 Å². The lowest BCUT2D eigenvalue weighted by Gasteiger charge is -2.24. The number of aryl methyl sites for hydroxylation is 1. The number of furan rings is 1. The first kappa shape index (κ1) is 23.7. The van der Waals surface area contributed by atoms with Gasteiger partial charge in [-0.3, -0.25) is 14.5 Å². The number of ketones is 1. The SMILES string of the molecule is COc1ccc(C2C(C(=O)c3cc4cccc(OC)c4o3)=C(O)C(=O)N2c2nc3ccc(C)cc3s2)cc1. The molecular weight excluding hydrogens is 504 g/mol. The number of amides is 1. The number of para-hydroxylation sites is 1. The van der Waals surface area contributed by atoms with Crippen LogP contribution in [0.3, 0.4) is 0 Å². The molecule has 0 bridgehead atoms. The molecular formula is C29H22N2O6S. The number of anilines is 1. The smallest absolute Gasteiger partial charge is 0.296 e. The van der Waals surface area contributed by atoms with E-state index >= 15 is 0 Å². The zero-order valence-electron chi connectivity index (χ0n) is 20.7. The molecule has 1 N–H and O–H groups in total. The number of hydrogen-bond acceptors (Lipinski definition) is 8. The average molecular weight is 527 g/mol. The Bertz CT molecular complexity index is 1770. The highest BCUT2D eigenvalue weighted by atomic mass is 32.1. The summed E-state index contributed by atoms with van der Waals surface area (Å²) in [4.78, 5) is 33.5. The van der Waals surface area contributed by atoms with Gasteiger partial charge in [0.05, 0.1) is 36.1 Å². The number of benzene rings is 3. The number of aliphatic hydroxyl groups is 1. The van der Waals surface area contributed by atoms with E-state index in [0.717, 1.165) is 15.8 Å². The van der Waals surface area contributed by atoms with Gasteiger partial charge >= 0.3 is 0 Å². The van der Waals surface area contributed by atoms with E-state index in [1.165, 1.54) is 23.3 Å². The van der Waals surface area contributed by atoms with Gasteiger partial charge in [0.25, 0.3) is 5.91 Å². The van der Waals surface area contributed by atoms with Crippen LogP contribution in [0.5, 0.6) is 11.5 Å². The molecule has 8 nitrogen and oxygen atoms in total. The van der Waals surface area contributed by atoms with Crippen LogP contribution in [-0.4, -0.2) is 36.0 Å². The topological polar surface area (TPSA) is 102 Å². The molecule has 1 atom stereocenters. The molecule has 0 fully saturated rings. The molecule has 1 unspecified atom stereocenters. The molecule has 1 aliphatic heterocycles. The predicted molar refractivity (Wildman–Crippen MR) is 144 cm³/mol. The van der Waals surface area contributed by atoms with Gasteiger partial charge in [-0.2, -0.15) is 0 Å². The molecule has 0 saturated heterocycles. The number of ether oxygens (including phenoxy) is 2. The van der Waals surface area contributed by atoms with E-state index in [-0.39, 0.29) is 11.3 Å². The van der Waals surface area contributed by atoms with Crippen molar-refractivity contribution in [2.45, 2.75) is 13.0 Å². The number of carbonyl (C=O) groups is 2. The largest absolute Gasteiger partial charge is 0.503 e. The number of aromatic nitrogens is 1. The average Bonchev–Trinajstić information content (AvgIpc) is 3.62. The molecule has 6 rings (SSSR count). The summed E-state index contributed by atoms with van der Waals surface area (Å²) >= 11 is 1.32. The van der Waals surface area contributed by atoms with Crippen LogP contribution in [0.1, 0.15) is 27.7 Å². The summed E-state index contributed by atoms with van der Waals surface area (Å²) in [7, 11) is 3.07. The third kappa shape index (κ3) is 3.71. The molecule has 1 aliphatic rings. The van der Waals surface area contributed by atoms with Gasteiger partial charge in [0.15, 0.2) is 28.0 Å². The predicted octanol–water partition coefficient (Wildman–Crippen LogP) is 6.15. The van der Waals surface area contributed by atoms with Crippen LogP contribution in [-0.2, 0) is 4.79 Å². The van der Waals surface area contributed by atoms with Crippen LogP contribution < -0.4 is 14.4 Å². The second-order valence-corrected chi connectivity index (χ2v) is 9.91. The summed E-state index contributed by atoms with van der Waals surface area (Å²) in [5, 5.41) is 12.1. The highest BCUT2D eigenvalue weighted by Gasteiger charge is 2.46. The lowest BCUT2D eigenvalue weighted by Crippen LogP contribution is -2.30. The minimum atomic E-state index is -0.933. The number of hydrogen-bond donors (Lipinski definition) is 1. The van der Waals surface area contributed by atoms with E-state index in [0.29, 0.717) is 33.2 Å². The number of fused-ring (bicyclic) bond motifs is 2. The molecule has 0 spiro atoms. The molecule has 3 aromatic carbocycles. The van der Waals surface area contributed by atoms with E-state index in [1.807, 2.05) is 25.1 Å². The molecule has 3 heterocycles. The first-order valence-corrected chi connectivity index (χ1v) is 12.6. The van der Waals surface area contributed by atoms with Crippen LogP contribution in [0.4, 0.5) is 5.13 Å². The highest BCUT2D eigenvalue weighted by molar-refractivity contribution is 7.22. The van der Waals surface area contributed by atoms with Gasteiger partial charge in [-0.25, -0.2) is 4.98 Å². The summed E-state index contributed by atoms with van der Waals surface area (Å²) < 4.78 is 17.4. The standard InChI is InChI=1S/C29H22N2O6S/c1-15-7-12-19-22(13-15)38-29(30-19)31-24(16-8-10-18(35-2)11-9-16)23(26(33)28(31)34)25(32)21-14-17-5-4-6-20(36-3)27(17)37-21/h4-14,24,33H,1-3H3. The summed E-state index contributed by atoms with van der Waals surface area (Å²) in [5.41, 5.74) is 2.70. The summed E-state index contributed by atoms with van der Waals surface area (Å²) in [6.07, 6.45) is 0. The Hall–Kier alpha value is -4.63. The van der Waals surface area contributed by atoms with Gasteiger partial charge in [-0.05, 0) is 54.4 Å². The number of thiazole rings is 1. The summed E-state index contributed by atoms with van der Waals surface area (Å²) in [6.45, 7) is 1.98. The van der Waals surface area contributed by atoms with Crippen molar-refractivity contribution in [1.82, 2.24) is 4.98 Å². The molecule has 5 aromatic rings. The van der Waals surface area contributed by atoms with Crippen LogP contribution >= 0.6 is 11.3 Å². The first-order chi connectivity index (χ1) is 18.4. The number of Topliss-reactive ketones (excluding diaryl/α,β-unsaturated/α-hetero) is 1. The van der Waals surface area contributed by atoms with Crippen molar-refractivity contribution in [3.63, 3.8) is 0 Å². The van der Waals surface area contributed by atoms with E-state index in [9.17, 15) is 14.7 Å². The van der Waals surface area contributed by atoms with Crippen molar-refractivity contribution in [2.24, 2.45) is 0 Å². The Kier molecular flexibility index (Phi) is 5.65. The van der Waals surface area contributed by atoms with Crippen LogP contribution in [0.15, 0.2) is 82.5 Å². The molecule has 1 amide bonds. The van der Waals surface area contributed by atoms with Crippen LogP contribution in [0, 0.1) is 6.92 Å². The zero-order chi connectivity index (χ0) is 26.6. The van der Waals surface area contributed by atoms with Crippen molar-refractivity contribution in [3.05, 3.63) is 94.9 Å². The van der Waals surface area contributed by atoms with Crippen LogP contribution in [0.25, 0.3) is 21.2 Å². The number of aliphatic hydroxyl groups excluding tert-OH is 1. The number of rotatable bonds is 6. The molecule has 0 saturated carbocycles. The highest BCUT2D eigenvalue weighted by Crippen LogP contribution is 2.45. The lowest BCUT2D eigenvalue weighted by atomic mass is 9.95. The Balaban J connectivity index is 1.50. The zero-order valence-corrected chi connectivity index (χ0v) is 21.5. The Morgan fingerprint density at radius 1 is 1.05 bits per heavy atom. The fraction of sp³-hybridized carbons (Fsp3) is 0.138. The van der Waals surface area contributed by atoms with Gasteiger partial charge in [-0.15, -0.1) is 0 Å². The fourth-order valence-corrected chi connectivity index (χ4v) is 5.79. The number of nitrogens with zero attached hydrogens (tertiary/aromatic N) is 2. The Labute approximate surface area is 221 Å². The van der Waals surface area contributed by atoms with E-state index in [1.54, 1.807) is 55.6 Å². The van der Waals surface area contributed by atoms with Crippen molar-refractivity contribution in [3.8, 4) is 11.5 Å². The summed E-state index contributed by atoms with van der Waals surface area (Å²) in [6, 6.07) is 18.8. The Morgan fingerprint density at radius 3 is 2.58 bits per heavy atom. The maximum absolute atomic E-state index is 13.9. The Morgan fingerprint density at radius 2 is 1.84 bits per heavy atom. The van der Waals surface area contributed by atoms with Crippen molar-refractivity contribution in [1.29, 1.82) is 0 Å². The van der Waals surface area contributed by atoms with Gasteiger partial charge < -0.3 is 19.0 Å². The molecule has 0 radical (unpaired) electrons. The van der Waals surface area contributed by atoms with Crippen molar-refractivity contribution < 1.29 is 28.6 Å². The number of methoxy groups -OCH3 is 2. The van der Waals surface area contributed by atoms with Crippen molar-refractivity contribution in [2.75, 3.05) is 19.1 Å².